The van der Waals surface area contributed by atoms with Gasteiger partial charge >= 0.3 is 0 Å². The van der Waals surface area contributed by atoms with Crippen LogP contribution in [0.4, 0.5) is 5.69 Å². The zero-order valence-electron chi connectivity index (χ0n) is 14.7. The minimum atomic E-state index is -0.102. The van der Waals surface area contributed by atoms with Crippen LogP contribution in [0.15, 0.2) is 48.0 Å². The van der Waals surface area contributed by atoms with E-state index in [0.717, 1.165) is 23.5 Å². The maximum Gasteiger partial charge on any atom is 0.234 e. The molecule has 0 aromatic carbocycles. The molecule has 0 aliphatic carbocycles. The first-order valence-electron chi connectivity index (χ1n) is 8.42. The SMILES string of the molecule is CCc1ccc(NC(=O)CSc2nnc(-c3cccnc3)n2CC)cn1. The number of aromatic nitrogens is 5. The highest BCUT2D eigenvalue weighted by atomic mass is 32.2. The third-order valence-corrected chi connectivity index (χ3v) is 4.72. The fourth-order valence-corrected chi connectivity index (χ4v) is 3.23. The highest BCUT2D eigenvalue weighted by Crippen LogP contribution is 2.23. The number of anilines is 1. The Labute approximate surface area is 156 Å². The van der Waals surface area contributed by atoms with Crippen molar-refractivity contribution in [2.45, 2.75) is 32.0 Å². The highest BCUT2D eigenvalue weighted by Gasteiger charge is 2.14. The Bertz CT molecular complexity index is 863. The van der Waals surface area contributed by atoms with Crippen LogP contribution in [0.2, 0.25) is 0 Å². The van der Waals surface area contributed by atoms with Gasteiger partial charge in [0.25, 0.3) is 0 Å². The molecule has 0 radical (unpaired) electrons. The zero-order chi connectivity index (χ0) is 18.4. The molecule has 0 spiro atoms. The molecule has 0 saturated carbocycles. The summed E-state index contributed by atoms with van der Waals surface area (Å²) >= 11 is 1.36. The summed E-state index contributed by atoms with van der Waals surface area (Å²) in [5.74, 6) is 0.901. The second kappa shape index (κ2) is 8.57. The molecule has 7 nitrogen and oxygen atoms in total. The van der Waals surface area contributed by atoms with Crippen LogP contribution in [0.1, 0.15) is 19.5 Å². The first-order valence-corrected chi connectivity index (χ1v) is 9.41. The quantitative estimate of drug-likeness (QED) is 0.645. The van der Waals surface area contributed by atoms with Crippen LogP contribution in [-0.2, 0) is 17.8 Å². The molecular formula is C18H20N6OS. The minimum Gasteiger partial charge on any atom is -0.324 e. The highest BCUT2D eigenvalue weighted by molar-refractivity contribution is 7.99. The Kier molecular flexibility index (Phi) is 5.96. The normalized spacial score (nSPS) is 10.7. The van der Waals surface area contributed by atoms with Gasteiger partial charge in [0.15, 0.2) is 11.0 Å². The van der Waals surface area contributed by atoms with Gasteiger partial charge in [0.05, 0.1) is 17.6 Å². The maximum absolute atomic E-state index is 12.2. The molecule has 1 amide bonds. The number of rotatable bonds is 7. The average molecular weight is 368 g/mol. The third kappa shape index (κ3) is 4.26. The van der Waals surface area contributed by atoms with E-state index in [1.165, 1.54) is 11.8 Å². The van der Waals surface area contributed by atoms with Gasteiger partial charge in [-0.25, -0.2) is 0 Å². The summed E-state index contributed by atoms with van der Waals surface area (Å²) in [6, 6.07) is 7.58. The number of carbonyl (C=O) groups excluding carboxylic acids is 1. The number of carbonyl (C=O) groups is 1. The van der Waals surface area contributed by atoms with E-state index in [9.17, 15) is 4.79 Å². The van der Waals surface area contributed by atoms with E-state index < -0.39 is 0 Å². The molecule has 3 aromatic rings. The molecule has 1 N–H and O–H groups in total. The Morgan fingerprint density at radius 2 is 2.08 bits per heavy atom. The van der Waals surface area contributed by atoms with Gasteiger partial charge in [-0.3, -0.25) is 14.8 Å². The summed E-state index contributed by atoms with van der Waals surface area (Å²) in [4.78, 5) is 20.6. The lowest BCUT2D eigenvalue weighted by molar-refractivity contribution is -0.113. The first-order chi connectivity index (χ1) is 12.7. The third-order valence-electron chi connectivity index (χ3n) is 3.76. The molecule has 0 atom stereocenters. The number of hydrogen-bond acceptors (Lipinski definition) is 6. The number of thioether (sulfide) groups is 1. The van der Waals surface area contributed by atoms with Crippen molar-refractivity contribution in [1.82, 2.24) is 24.7 Å². The zero-order valence-corrected chi connectivity index (χ0v) is 15.5. The van der Waals surface area contributed by atoms with Gasteiger partial charge in [-0.2, -0.15) is 0 Å². The van der Waals surface area contributed by atoms with E-state index in [2.05, 4.69) is 25.5 Å². The number of nitrogens with one attached hydrogen (secondary N) is 1. The summed E-state index contributed by atoms with van der Waals surface area (Å²) in [5, 5.41) is 12.0. The van der Waals surface area contributed by atoms with Gasteiger partial charge in [-0.15, -0.1) is 10.2 Å². The topological polar surface area (TPSA) is 85.6 Å². The molecule has 0 bridgehead atoms. The predicted molar refractivity (Wildman–Crippen MR) is 102 cm³/mol. The molecular weight excluding hydrogens is 348 g/mol. The van der Waals surface area contributed by atoms with Crippen molar-refractivity contribution in [2.24, 2.45) is 0 Å². The Hall–Kier alpha value is -2.74. The molecule has 26 heavy (non-hydrogen) atoms. The summed E-state index contributed by atoms with van der Waals surface area (Å²) in [6.07, 6.45) is 6.02. The fraction of sp³-hybridized carbons (Fsp3) is 0.278. The van der Waals surface area contributed by atoms with Crippen molar-refractivity contribution in [3.63, 3.8) is 0 Å². The largest absolute Gasteiger partial charge is 0.324 e. The van der Waals surface area contributed by atoms with Crippen molar-refractivity contribution in [1.29, 1.82) is 0 Å². The van der Waals surface area contributed by atoms with Crippen molar-refractivity contribution in [3.8, 4) is 11.4 Å². The van der Waals surface area contributed by atoms with Gasteiger partial charge in [-0.1, -0.05) is 18.7 Å². The van der Waals surface area contributed by atoms with Gasteiger partial charge in [0, 0.05) is 30.2 Å². The van der Waals surface area contributed by atoms with Crippen molar-refractivity contribution < 1.29 is 4.79 Å². The molecule has 0 fully saturated rings. The van der Waals surface area contributed by atoms with Gasteiger partial charge in [0.2, 0.25) is 5.91 Å². The molecule has 0 aliphatic rings. The Morgan fingerprint density at radius 3 is 2.73 bits per heavy atom. The lowest BCUT2D eigenvalue weighted by Crippen LogP contribution is -2.15. The molecule has 3 rings (SSSR count). The molecule has 0 unspecified atom stereocenters. The van der Waals surface area contributed by atoms with Gasteiger partial charge < -0.3 is 9.88 Å². The summed E-state index contributed by atoms with van der Waals surface area (Å²) in [5.41, 5.74) is 2.59. The van der Waals surface area contributed by atoms with Crippen LogP contribution in [-0.4, -0.2) is 36.4 Å². The van der Waals surface area contributed by atoms with E-state index in [4.69, 9.17) is 0 Å². The fourth-order valence-electron chi connectivity index (χ4n) is 2.42. The molecule has 0 aliphatic heterocycles. The van der Waals surface area contributed by atoms with E-state index in [1.807, 2.05) is 42.7 Å². The Morgan fingerprint density at radius 1 is 1.19 bits per heavy atom. The number of nitrogens with zero attached hydrogens (tertiary/aromatic N) is 5. The minimum absolute atomic E-state index is 0.102. The van der Waals surface area contributed by atoms with Crippen molar-refractivity contribution in [2.75, 3.05) is 11.1 Å². The van der Waals surface area contributed by atoms with Crippen LogP contribution in [0, 0.1) is 0 Å². The number of aryl methyl sites for hydroxylation is 1. The second-order valence-electron chi connectivity index (χ2n) is 5.52. The Balaban J connectivity index is 1.64. The lowest BCUT2D eigenvalue weighted by atomic mass is 10.3. The van der Waals surface area contributed by atoms with E-state index in [0.29, 0.717) is 17.4 Å². The van der Waals surface area contributed by atoms with Crippen LogP contribution < -0.4 is 5.32 Å². The smallest absolute Gasteiger partial charge is 0.234 e. The number of amides is 1. The van der Waals surface area contributed by atoms with Crippen molar-refractivity contribution in [3.05, 3.63) is 48.5 Å². The lowest BCUT2D eigenvalue weighted by Gasteiger charge is -2.08. The standard InChI is InChI=1S/C18H20N6OS/c1-3-14-7-8-15(11-20-14)21-16(25)12-26-18-23-22-17(24(18)4-2)13-6-5-9-19-10-13/h5-11H,3-4,12H2,1-2H3,(H,21,25). The summed E-state index contributed by atoms with van der Waals surface area (Å²) < 4.78 is 1.98. The van der Waals surface area contributed by atoms with Gasteiger partial charge in [-0.05, 0) is 37.6 Å². The maximum atomic E-state index is 12.2. The van der Waals surface area contributed by atoms with Crippen LogP contribution in [0.25, 0.3) is 11.4 Å². The molecule has 3 aromatic heterocycles. The molecule has 8 heteroatoms. The summed E-state index contributed by atoms with van der Waals surface area (Å²) in [6.45, 7) is 4.78. The molecule has 134 valence electrons. The molecule has 3 heterocycles. The van der Waals surface area contributed by atoms with E-state index in [1.54, 1.807) is 18.6 Å². The number of pyridine rings is 2. The van der Waals surface area contributed by atoms with E-state index >= 15 is 0 Å². The summed E-state index contributed by atoms with van der Waals surface area (Å²) in [7, 11) is 0. The number of hydrogen-bond donors (Lipinski definition) is 1. The predicted octanol–water partition coefficient (Wildman–Crippen LogP) is 3.05. The van der Waals surface area contributed by atoms with E-state index in [-0.39, 0.29) is 11.7 Å². The van der Waals surface area contributed by atoms with Crippen LogP contribution >= 0.6 is 11.8 Å². The monoisotopic (exact) mass is 368 g/mol. The molecule has 0 saturated heterocycles. The van der Waals surface area contributed by atoms with Crippen LogP contribution in [0.3, 0.4) is 0 Å². The second-order valence-corrected chi connectivity index (χ2v) is 6.46. The van der Waals surface area contributed by atoms with Crippen molar-refractivity contribution >= 4 is 23.4 Å². The first kappa shape index (κ1) is 18.1. The average Bonchev–Trinajstić information content (AvgIpc) is 3.10. The van der Waals surface area contributed by atoms with Gasteiger partial charge in [0.1, 0.15) is 0 Å². The van der Waals surface area contributed by atoms with Crippen LogP contribution in [0.5, 0.6) is 0 Å².